The number of likely N-dealkylation sites (N-methyl/N-ethyl adjacent to an activating group) is 1. The van der Waals surface area contributed by atoms with Gasteiger partial charge in [0, 0.05) is 31.2 Å². The number of benzene rings is 1. The van der Waals surface area contributed by atoms with Crippen molar-refractivity contribution in [1.29, 1.82) is 0 Å². The van der Waals surface area contributed by atoms with E-state index >= 15 is 0 Å². The second-order valence-corrected chi connectivity index (χ2v) is 5.97. The normalized spacial score (nSPS) is 23.2. The summed E-state index contributed by atoms with van der Waals surface area (Å²) in [5, 5.41) is 0. The lowest BCUT2D eigenvalue weighted by Gasteiger charge is -2.33. The van der Waals surface area contributed by atoms with Gasteiger partial charge in [-0.3, -0.25) is 4.90 Å². The maximum atomic E-state index is 13.1. The Bertz CT molecular complexity index is 418. The first-order chi connectivity index (χ1) is 9.52. The van der Waals surface area contributed by atoms with Gasteiger partial charge in [0.05, 0.1) is 0 Å². The van der Waals surface area contributed by atoms with Gasteiger partial charge in [-0.2, -0.15) is 0 Å². The molecule has 0 amide bonds. The van der Waals surface area contributed by atoms with Gasteiger partial charge in [-0.1, -0.05) is 19.1 Å². The average molecular weight is 279 g/mol. The largest absolute Gasteiger partial charge is 0.326 e. The Morgan fingerprint density at radius 1 is 1.35 bits per heavy atom. The molecule has 2 N–H and O–H groups in total. The highest BCUT2D eigenvalue weighted by Crippen LogP contribution is 2.29. The summed E-state index contributed by atoms with van der Waals surface area (Å²) in [7, 11) is 4.25. The molecule has 0 saturated carbocycles. The van der Waals surface area contributed by atoms with Gasteiger partial charge in [-0.15, -0.1) is 0 Å². The molecule has 1 aromatic carbocycles. The summed E-state index contributed by atoms with van der Waals surface area (Å²) in [4.78, 5) is 4.73. The molecule has 112 valence electrons. The summed E-state index contributed by atoms with van der Waals surface area (Å²) >= 11 is 0. The first kappa shape index (κ1) is 15.4. The molecule has 3 nitrogen and oxygen atoms in total. The van der Waals surface area contributed by atoms with Crippen LogP contribution < -0.4 is 5.73 Å². The van der Waals surface area contributed by atoms with Crippen LogP contribution in [0.5, 0.6) is 0 Å². The number of hydrogen-bond acceptors (Lipinski definition) is 3. The van der Waals surface area contributed by atoms with Crippen molar-refractivity contribution in [3.05, 3.63) is 35.6 Å². The summed E-state index contributed by atoms with van der Waals surface area (Å²) < 4.78 is 13.1. The van der Waals surface area contributed by atoms with Gasteiger partial charge in [0.25, 0.3) is 0 Å². The summed E-state index contributed by atoms with van der Waals surface area (Å²) in [6.45, 7) is 4.20. The molecule has 0 radical (unpaired) electrons. The molecule has 3 unspecified atom stereocenters. The molecule has 1 fully saturated rings. The van der Waals surface area contributed by atoms with E-state index in [1.165, 1.54) is 18.6 Å². The van der Waals surface area contributed by atoms with Crippen LogP contribution in [0, 0.1) is 5.82 Å². The number of halogens is 1. The van der Waals surface area contributed by atoms with Gasteiger partial charge in [0.15, 0.2) is 0 Å². The molecule has 4 heteroatoms. The highest BCUT2D eigenvalue weighted by molar-refractivity contribution is 5.22. The Balaban J connectivity index is 2.18. The number of nitrogens with zero attached hydrogens (tertiary/aromatic N) is 2. The molecule has 1 aliphatic heterocycles. The van der Waals surface area contributed by atoms with E-state index in [0.717, 1.165) is 25.1 Å². The minimum absolute atomic E-state index is 0.0846. The summed E-state index contributed by atoms with van der Waals surface area (Å²) in [5.41, 5.74) is 7.46. The van der Waals surface area contributed by atoms with Crippen LogP contribution in [-0.2, 0) is 0 Å². The van der Waals surface area contributed by atoms with Crippen molar-refractivity contribution in [3.8, 4) is 0 Å². The van der Waals surface area contributed by atoms with Crippen molar-refractivity contribution < 1.29 is 4.39 Å². The molecule has 0 bridgehead atoms. The van der Waals surface area contributed by atoms with Crippen LogP contribution in [0.1, 0.15) is 31.4 Å². The Morgan fingerprint density at radius 3 is 2.50 bits per heavy atom. The Kier molecular flexibility index (Phi) is 5.13. The first-order valence-electron chi connectivity index (χ1n) is 7.44. The van der Waals surface area contributed by atoms with Gasteiger partial charge in [-0.25, -0.2) is 4.39 Å². The van der Waals surface area contributed by atoms with Crippen molar-refractivity contribution in [2.45, 2.75) is 37.9 Å². The summed E-state index contributed by atoms with van der Waals surface area (Å²) in [5.74, 6) is -0.190. The van der Waals surface area contributed by atoms with Crippen molar-refractivity contribution in [1.82, 2.24) is 9.80 Å². The third-order valence-electron chi connectivity index (χ3n) is 4.41. The molecule has 3 atom stereocenters. The fraction of sp³-hybridized carbons (Fsp3) is 0.625. The molecule has 0 aromatic heterocycles. The van der Waals surface area contributed by atoms with E-state index in [0.29, 0.717) is 6.04 Å². The zero-order chi connectivity index (χ0) is 14.7. The molecule has 1 aromatic rings. The summed E-state index contributed by atoms with van der Waals surface area (Å²) in [6.07, 6.45) is 2.09. The fourth-order valence-corrected chi connectivity index (χ4v) is 3.05. The van der Waals surface area contributed by atoms with E-state index in [-0.39, 0.29) is 17.9 Å². The van der Waals surface area contributed by atoms with Gasteiger partial charge < -0.3 is 10.6 Å². The third kappa shape index (κ3) is 3.37. The maximum Gasteiger partial charge on any atom is 0.123 e. The highest BCUT2D eigenvalue weighted by Gasteiger charge is 2.32. The van der Waals surface area contributed by atoms with Crippen LogP contribution in [0.25, 0.3) is 0 Å². The molecule has 0 aliphatic carbocycles. The van der Waals surface area contributed by atoms with Gasteiger partial charge >= 0.3 is 0 Å². The van der Waals surface area contributed by atoms with E-state index < -0.39 is 0 Å². The zero-order valence-corrected chi connectivity index (χ0v) is 12.7. The zero-order valence-electron chi connectivity index (χ0n) is 12.7. The van der Waals surface area contributed by atoms with Crippen molar-refractivity contribution in [2.24, 2.45) is 5.73 Å². The van der Waals surface area contributed by atoms with Crippen LogP contribution in [0.3, 0.4) is 0 Å². The summed E-state index contributed by atoms with van der Waals surface area (Å²) in [6, 6.07) is 7.67. The van der Waals surface area contributed by atoms with Gasteiger partial charge in [-0.05, 0) is 44.6 Å². The lowest BCUT2D eigenvalue weighted by molar-refractivity contribution is 0.190. The average Bonchev–Trinajstić information content (AvgIpc) is 2.90. The predicted molar refractivity (Wildman–Crippen MR) is 81.1 cm³/mol. The van der Waals surface area contributed by atoms with Crippen LogP contribution >= 0.6 is 0 Å². The van der Waals surface area contributed by atoms with Crippen molar-refractivity contribution in [3.63, 3.8) is 0 Å². The number of likely N-dealkylation sites (tertiary alicyclic amines) is 1. The lowest BCUT2D eigenvalue weighted by atomic mass is 9.96. The molecule has 1 heterocycles. The Morgan fingerprint density at radius 2 is 2.00 bits per heavy atom. The van der Waals surface area contributed by atoms with Crippen LogP contribution in [0.15, 0.2) is 24.3 Å². The van der Waals surface area contributed by atoms with E-state index in [1.807, 2.05) is 12.1 Å². The first-order valence-corrected chi connectivity index (χ1v) is 7.44. The molecule has 1 saturated heterocycles. The van der Waals surface area contributed by atoms with Crippen LogP contribution in [0.2, 0.25) is 0 Å². The van der Waals surface area contributed by atoms with E-state index in [4.69, 9.17) is 5.73 Å². The van der Waals surface area contributed by atoms with Crippen molar-refractivity contribution in [2.75, 3.05) is 27.2 Å². The minimum Gasteiger partial charge on any atom is -0.326 e. The molecular formula is C16H26FN3. The SMILES string of the molecule is CCC(N)C(c1ccc(F)cc1)N1CCC(N(C)C)C1. The molecule has 20 heavy (non-hydrogen) atoms. The van der Waals surface area contributed by atoms with E-state index in [1.54, 1.807) is 0 Å². The number of nitrogens with two attached hydrogens (primary N) is 1. The Hall–Kier alpha value is -0.970. The highest BCUT2D eigenvalue weighted by atomic mass is 19.1. The lowest BCUT2D eigenvalue weighted by Crippen LogP contribution is -2.41. The Labute approximate surface area is 121 Å². The van der Waals surface area contributed by atoms with Crippen LogP contribution in [0.4, 0.5) is 4.39 Å². The van der Waals surface area contributed by atoms with Crippen LogP contribution in [-0.4, -0.2) is 49.1 Å². The van der Waals surface area contributed by atoms with Gasteiger partial charge in [0.1, 0.15) is 5.82 Å². The monoisotopic (exact) mass is 279 g/mol. The fourth-order valence-electron chi connectivity index (χ4n) is 3.05. The second-order valence-electron chi connectivity index (χ2n) is 5.97. The minimum atomic E-state index is -0.190. The standard InChI is InChI=1S/C16H26FN3/c1-4-15(18)16(12-5-7-13(17)8-6-12)20-10-9-14(11-20)19(2)3/h5-8,14-16H,4,9-11,18H2,1-3H3. The second kappa shape index (κ2) is 6.66. The maximum absolute atomic E-state index is 13.1. The number of hydrogen-bond donors (Lipinski definition) is 1. The molecule has 2 rings (SSSR count). The van der Waals surface area contributed by atoms with E-state index in [2.05, 4.69) is 30.8 Å². The van der Waals surface area contributed by atoms with Gasteiger partial charge in [0.2, 0.25) is 0 Å². The predicted octanol–water partition coefficient (Wildman–Crippen LogP) is 2.24. The topological polar surface area (TPSA) is 32.5 Å². The van der Waals surface area contributed by atoms with E-state index in [9.17, 15) is 4.39 Å². The van der Waals surface area contributed by atoms with Crippen molar-refractivity contribution >= 4 is 0 Å². The third-order valence-corrected chi connectivity index (χ3v) is 4.41. The molecular weight excluding hydrogens is 253 g/mol. The molecule has 1 aliphatic rings. The smallest absolute Gasteiger partial charge is 0.123 e. The number of rotatable bonds is 5. The molecule has 0 spiro atoms. The quantitative estimate of drug-likeness (QED) is 0.897.